The van der Waals surface area contributed by atoms with Crippen LogP contribution in [0.4, 0.5) is 10.6 Å². The van der Waals surface area contributed by atoms with Crippen molar-refractivity contribution in [2.24, 2.45) is 0 Å². The molecule has 2 heterocycles. The SMILES string of the molecule is Cc1cccc(Cn2cc(NC(=O)c3ccc4c(c3)CCN(C(=O)OC(C)(C)C)C4)nc2C)c1. The Morgan fingerprint density at radius 1 is 1.09 bits per heavy atom. The van der Waals surface area contributed by atoms with Gasteiger partial charge >= 0.3 is 6.09 Å². The number of rotatable bonds is 4. The quantitative estimate of drug-likeness (QED) is 0.588. The zero-order chi connectivity index (χ0) is 24.5. The number of aromatic nitrogens is 2. The fraction of sp³-hybridized carbons (Fsp3) is 0.370. The fourth-order valence-electron chi connectivity index (χ4n) is 4.10. The number of carbonyl (C=O) groups is 2. The average molecular weight is 461 g/mol. The first kappa shape index (κ1) is 23.5. The van der Waals surface area contributed by atoms with Gasteiger partial charge in [0.15, 0.2) is 5.82 Å². The fourth-order valence-corrected chi connectivity index (χ4v) is 4.10. The molecule has 0 fully saturated rings. The van der Waals surface area contributed by atoms with Crippen LogP contribution in [0, 0.1) is 13.8 Å². The third-order valence-electron chi connectivity index (χ3n) is 5.79. The van der Waals surface area contributed by atoms with Crippen molar-refractivity contribution in [3.05, 3.63) is 82.3 Å². The van der Waals surface area contributed by atoms with Crippen LogP contribution in [0.3, 0.4) is 0 Å². The third-order valence-corrected chi connectivity index (χ3v) is 5.79. The van der Waals surface area contributed by atoms with E-state index in [9.17, 15) is 9.59 Å². The number of fused-ring (bicyclic) bond motifs is 1. The van der Waals surface area contributed by atoms with Crippen LogP contribution in [-0.4, -0.2) is 38.6 Å². The summed E-state index contributed by atoms with van der Waals surface area (Å²) >= 11 is 0. The number of amides is 2. The first-order valence-electron chi connectivity index (χ1n) is 11.6. The van der Waals surface area contributed by atoms with Crippen molar-refractivity contribution in [1.29, 1.82) is 0 Å². The summed E-state index contributed by atoms with van der Waals surface area (Å²) in [5.74, 6) is 1.17. The highest BCUT2D eigenvalue weighted by molar-refractivity contribution is 6.03. The zero-order valence-electron chi connectivity index (χ0n) is 20.5. The van der Waals surface area contributed by atoms with Crippen molar-refractivity contribution in [2.45, 2.75) is 59.7 Å². The molecule has 1 aliphatic heterocycles. The van der Waals surface area contributed by atoms with Gasteiger partial charge in [0.1, 0.15) is 11.4 Å². The van der Waals surface area contributed by atoms with E-state index in [1.165, 1.54) is 11.1 Å². The van der Waals surface area contributed by atoms with Gasteiger partial charge in [-0.15, -0.1) is 0 Å². The molecule has 0 bridgehead atoms. The van der Waals surface area contributed by atoms with Crippen molar-refractivity contribution in [3.8, 4) is 0 Å². The molecule has 0 aliphatic carbocycles. The summed E-state index contributed by atoms with van der Waals surface area (Å²) in [5.41, 5.74) is 4.57. The molecule has 3 aromatic rings. The number of nitrogens with zero attached hydrogens (tertiary/aromatic N) is 3. The van der Waals surface area contributed by atoms with Gasteiger partial charge in [-0.1, -0.05) is 35.9 Å². The lowest BCUT2D eigenvalue weighted by Gasteiger charge is -2.31. The maximum atomic E-state index is 12.9. The summed E-state index contributed by atoms with van der Waals surface area (Å²) in [4.78, 5) is 31.5. The second kappa shape index (κ2) is 9.33. The van der Waals surface area contributed by atoms with Crippen LogP contribution in [0.5, 0.6) is 0 Å². The van der Waals surface area contributed by atoms with Crippen LogP contribution >= 0.6 is 0 Å². The molecule has 0 radical (unpaired) electrons. The second-order valence-corrected chi connectivity index (χ2v) is 9.88. The monoisotopic (exact) mass is 460 g/mol. The largest absolute Gasteiger partial charge is 0.444 e. The van der Waals surface area contributed by atoms with E-state index in [0.29, 0.717) is 37.4 Å². The lowest BCUT2D eigenvalue weighted by atomic mass is 9.97. The molecule has 2 amide bonds. The maximum Gasteiger partial charge on any atom is 0.410 e. The predicted molar refractivity (Wildman–Crippen MR) is 132 cm³/mol. The number of anilines is 1. The zero-order valence-corrected chi connectivity index (χ0v) is 20.5. The first-order chi connectivity index (χ1) is 16.1. The summed E-state index contributed by atoms with van der Waals surface area (Å²) in [5, 5.41) is 2.92. The van der Waals surface area contributed by atoms with Crippen molar-refractivity contribution >= 4 is 17.8 Å². The van der Waals surface area contributed by atoms with Gasteiger partial charge < -0.3 is 19.5 Å². The molecule has 1 N–H and O–H groups in total. The molecule has 178 valence electrons. The Morgan fingerprint density at radius 3 is 2.62 bits per heavy atom. The summed E-state index contributed by atoms with van der Waals surface area (Å²) < 4.78 is 7.52. The normalized spacial score (nSPS) is 13.4. The molecule has 0 spiro atoms. The number of aryl methyl sites for hydroxylation is 2. The van der Waals surface area contributed by atoms with Gasteiger partial charge in [0.05, 0.1) is 0 Å². The van der Waals surface area contributed by atoms with Crippen LogP contribution in [0.2, 0.25) is 0 Å². The Balaban J connectivity index is 1.42. The lowest BCUT2D eigenvalue weighted by molar-refractivity contribution is 0.0224. The molecule has 4 rings (SSSR count). The number of benzene rings is 2. The Bertz CT molecular complexity index is 1220. The minimum atomic E-state index is -0.523. The van der Waals surface area contributed by atoms with E-state index in [1.54, 1.807) is 11.0 Å². The van der Waals surface area contributed by atoms with E-state index in [-0.39, 0.29) is 12.0 Å². The molecular weight excluding hydrogens is 428 g/mol. The number of hydrogen-bond donors (Lipinski definition) is 1. The first-order valence-corrected chi connectivity index (χ1v) is 11.6. The molecule has 1 aliphatic rings. The predicted octanol–water partition coefficient (Wildman–Crippen LogP) is 5.09. The standard InChI is InChI=1S/C27H32N4O3/c1-18-7-6-8-20(13-18)15-31-17-24(28-19(31)2)29-25(32)22-9-10-23-16-30(12-11-21(23)14-22)26(33)34-27(3,4)5/h6-10,13-14,17H,11-12,15-16H2,1-5H3,(H,29,32). The molecule has 0 unspecified atom stereocenters. The average Bonchev–Trinajstić information content (AvgIpc) is 3.10. The van der Waals surface area contributed by atoms with Crippen LogP contribution in [0.15, 0.2) is 48.7 Å². The van der Waals surface area contributed by atoms with E-state index < -0.39 is 5.60 Å². The van der Waals surface area contributed by atoms with E-state index in [4.69, 9.17) is 4.74 Å². The maximum absolute atomic E-state index is 12.9. The molecule has 1 aromatic heterocycles. The van der Waals surface area contributed by atoms with E-state index in [1.807, 2.05) is 56.7 Å². The van der Waals surface area contributed by atoms with E-state index in [2.05, 4.69) is 35.4 Å². The number of carbonyl (C=O) groups excluding carboxylic acids is 2. The molecule has 0 atom stereocenters. The number of ether oxygens (including phenoxy) is 1. The molecule has 34 heavy (non-hydrogen) atoms. The van der Waals surface area contributed by atoms with Gasteiger partial charge in [0, 0.05) is 31.4 Å². The van der Waals surface area contributed by atoms with Gasteiger partial charge in [0.25, 0.3) is 5.91 Å². The molecule has 7 heteroatoms. The van der Waals surface area contributed by atoms with Crippen molar-refractivity contribution in [2.75, 3.05) is 11.9 Å². The van der Waals surface area contributed by atoms with Crippen LogP contribution in [0.25, 0.3) is 0 Å². The van der Waals surface area contributed by atoms with Gasteiger partial charge in [0.2, 0.25) is 0 Å². The van der Waals surface area contributed by atoms with Gasteiger partial charge in [-0.2, -0.15) is 0 Å². The van der Waals surface area contributed by atoms with Crippen molar-refractivity contribution in [3.63, 3.8) is 0 Å². The van der Waals surface area contributed by atoms with Gasteiger partial charge in [-0.3, -0.25) is 4.79 Å². The smallest absolute Gasteiger partial charge is 0.410 e. The van der Waals surface area contributed by atoms with Crippen molar-refractivity contribution in [1.82, 2.24) is 14.5 Å². The molecule has 0 saturated carbocycles. The summed E-state index contributed by atoms with van der Waals surface area (Å²) in [6, 6.07) is 14.0. The summed E-state index contributed by atoms with van der Waals surface area (Å²) in [7, 11) is 0. The number of nitrogens with one attached hydrogen (secondary N) is 1. The Kier molecular flexibility index (Phi) is 6.46. The topological polar surface area (TPSA) is 76.5 Å². The summed E-state index contributed by atoms with van der Waals surface area (Å²) in [6.07, 6.45) is 2.24. The summed E-state index contributed by atoms with van der Waals surface area (Å²) in [6.45, 7) is 11.3. The Labute approximate surface area is 200 Å². The van der Waals surface area contributed by atoms with Crippen LogP contribution in [-0.2, 0) is 24.2 Å². The molecule has 2 aromatic carbocycles. The van der Waals surface area contributed by atoms with Crippen LogP contribution < -0.4 is 5.32 Å². The molecule has 7 nitrogen and oxygen atoms in total. The van der Waals surface area contributed by atoms with Gasteiger partial charge in [-0.25, -0.2) is 9.78 Å². The number of hydrogen-bond acceptors (Lipinski definition) is 4. The van der Waals surface area contributed by atoms with E-state index >= 15 is 0 Å². The molecular formula is C27H32N4O3. The minimum Gasteiger partial charge on any atom is -0.444 e. The number of imidazole rings is 1. The minimum absolute atomic E-state index is 0.197. The Hall–Kier alpha value is -3.61. The van der Waals surface area contributed by atoms with Crippen molar-refractivity contribution < 1.29 is 14.3 Å². The van der Waals surface area contributed by atoms with Gasteiger partial charge in [-0.05, 0) is 69.9 Å². The highest BCUT2D eigenvalue weighted by atomic mass is 16.6. The highest BCUT2D eigenvalue weighted by Crippen LogP contribution is 2.23. The second-order valence-electron chi connectivity index (χ2n) is 9.88. The van der Waals surface area contributed by atoms with Crippen LogP contribution in [0.1, 0.15) is 59.2 Å². The highest BCUT2D eigenvalue weighted by Gasteiger charge is 2.26. The van der Waals surface area contributed by atoms with E-state index in [0.717, 1.165) is 17.0 Å². The third kappa shape index (κ3) is 5.65. The Morgan fingerprint density at radius 2 is 1.88 bits per heavy atom. The molecule has 0 saturated heterocycles. The lowest BCUT2D eigenvalue weighted by Crippen LogP contribution is -2.39.